The Labute approximate surface area is 175 Å². The molecule has 0 saturated heterocycles. The van der Waals surface area contributed by atoms with Crippen molar-refractivity contribution in [2.75, 3.05) is 19.0 Å². The third kappa shape index (κ3) is 4.62. The molecule has 1 unspecified atom stereocenters. The minimum atomic E-state index is -0.594. The predicted molar refractivity (Wildman–Crippen MR) is 110 cm³/mol. The topological polar surface area (TPSA) is 81.7 Å². The van der Waals surface area contributed by atoms with Crippen molar-refractivity contribution in [3.63, 3.8) is 0 Å². The van der Waals surface area contributed by atoms with Gasteiger partial charge >= 0.3 is 11.9 Å². The lowest BCUT2D eigenvalue weighted by Crippen LogP contribution is -2.22. The molecule has 8 heteroatoms. The summed E-state index contributed by atoms with van der Waals surface area (Å²) >= 11 is 4.68. The summed E-state index contributed by atoms with van der Waals surface area (Å²) in [5.74, 6) is -1.02. The number of halogens is 1. The molecule has 0 saturated carbocycles. The molecule has 0 aliphatic heterocycles. The summed E-state index contributed by atoms with van der Waals surface area (Å²) in [6, 6.07) is 6.72. The van der Waals surface area contributed by atoms with Gasteiger partial charge in [0.1, 0.15) is 5.00 Å². The number of rotatable bonds is 5. The van der Waals surface area contributed by atoms with Crippen LogP contribution in [-0.2, 0) is 27.1 Å². The maximum Gasteiger partial charge on any atom is 0.341 e. The number of ether oxygens (including phenoxy) is 2. The van der Waals surface area contributed by atoms with E-state index in [9.17, 15) is 14.4 Å². The molecule has 148 valence electrons. The number of fused-ring (bicyclic) bond motifs is 1. The molecule has 1 amide bonds. The zero-order chi connectivity index (χ0) is 20.3. The SMILES string of the molecule is COC(=O)c1c(NC(=O)COC(=O)c2cccc(Br)c2)sc2c1CCC(C)C2. The van der Waals surface area contributed by atoms with Crippen LogP contribution in [0.4, 0.5) is 5.00 Å². The van der Waals surface area contributed by atoms with Gasteiger partial charge in [-0.3, -0.25) is 4.79 Å². The average Bonchev–Trinajstić information content (AvgIpc) is 3.02. The van der Waals surface area contributed by atoms with E-state index >= 15 is 0 Å². The van der Waals surface area contributed by atoms with Gasteiger partial charge in [0.15, 0.2) is 6.61 Å². The number of methoxy groups -OCH3 is 1. The number of carbonyl (C=O) groups excluding carboxylic acids is 3. The van der Waals surface area contributed by atoms with E-state index in [-0.39, 0.29) is 0 Å². The highest BCUT2D eigenvalue weighted by Crippen LogP contribution is 2.40. The molecule has 1 aliphatic carbocycles. The minimum absolute atomic E-state index is 0.345. The monoisotopic (exact) mass is 465 g/mol. The maximum atomic E-state index is 12.3. The Hall–Kier alpha value is -2.19. The summed E-state index contributed by atoms with van der Waals surface area (Å²) in [6.07, 6.45) is 2.65. The second-order valence-electron chi connectivity index (χ2n) is 6.68. The van der Waals surface area contributed by atoms with Crippen LogP contribution >= 0.6 is 27.3 Å². The van der Waals surface area contributed by atoms with Crippen LogP contribution in [0, 0.1) is 5.92 Å². The Morgan fingerprint density at radius 3 is 2.79 bits per heavy atom. The van der Waals surface area contributed by atoms with Gasteiger partial charge in [-0.15, -0.1) is 11.3 Å². The molecule has 0 spiro atoms. The number of thiophene rings is 1. The second kappa shape index (κ2) is 8.87. The van der Waals surface area contributed by atoms with E-state index in [1.54, 1.807) is 24.3 Å². The molecule has 0 radical (unpaired) electrons. The number of amides is 1. The summed E-state index contributed by atoms with van der Waals surface area (Å²) in [5, 5.41) is 3.16. The van der Waals surface area contributed by atoms with Crippen LogP contribution in [0.5, 0.6) is 0 Å². The van der Waals surface area contributed by atoms with E-state index in [0.29, 0.717) is 22.0 Å². The number of anilines is 1. The molecule has 28 heavy (non-hydrogen) atoms. The van der Waals surface area contributed by atoms with Gasteiger partial charge in [-0.1, -0.05) is 28.9 Å². The fourth-order valence-corrected chi connectivity index (χ4v) is 4.96. The smallest absolute Gasteiger partial charge is 0.341 e. The lowest BCUT2D eigenvalue weighted by atomic mass is 9.88. The fourth-order valence-electron chi connectivity index (χ4n) is 3.15. The number of carbonyl (C=O) groups is 3. The third-order valence-electron chi connectivity index (χ3n) is 4.55. The van der Waals surface area contributed by atoms with Crippen LogP contribution in [0.3, 0.4) is 0 Å². The molecule has 1 N–H and O–H groups in total. The van der Waals surface area contributed by atoms with E-state index in [0.717, 1.165) is 34.2 Å². The number of nitrogens with one attached hydrogen (secondary N) is 1. The standard InChI is InChI=1S/C20H20BrNO5S/c1-11-6-7-14-15(8-11)28-18(17(14)20(25)26-2)22-16(23)10-27-19(24)12-4-3-5-13(21)9-12/h3-5,9,11H,6-8,10H2,1-2H3,(H,22,23). The summed E-state index contributed by atoms with van der Waals surface area (Å²) in [4.78, 5) is 37.7. The Kier molecular flexibility index (Phi) is 6.51. The molecule has 0 bridgehead atoms. The molecular weight excluding hydrogens is 446 g/mol. The zero-order valence-electron chi connectivity index (χ0n) is 15.5. The normalized spacial score (nSPS) is 15.5. The molecule has 3 rings (SSSR count). The number of benzene rings is 1. The third-order valence-corrected chi connectivity index (χ3v) is 6.21. The van der Waals surface area contributed by atoms with Crippen LogP contribution in [0.2, 0.25) is 0 Å². The molecule has 2 aromatic rings. The van der Waals surface area contributed by atoms with E-state index < -0.39 is 24.5 Å². The van der Waals surface area contributed by atoms with Crippen LogP contribution < -0.4 is 5.32 Å². The summed E-state index contributed by atoms with van der Waals surface area (Å²) in [7, 11) is 1.32. The molecule has 1 aliphatic rings. The van der Waals surface area contributed by atoms with Crippen molar-refractivity contribution in [1.82, 2.24) is 0 Å². The second-order valence-corrected chi connectivity index (χ2v) is 8.70. The van der Waals surface area contributed by atoms with Crippen molar-refractivity contribution in [2.24, 2.45) is 5.92 Å². The number of hydrogen-bond acceptors (Lipinski definition) is 6. The summed E-state index contributed by atoms with van der Waals surface area (Å²) in [5.41, 5.74) is 1.72. The average molecular weight is 466 g/mol. The molecule has 1 heterocycles. The van der Waals surface area contributed by atoms with Gasteiger partial charge in [0, 0.05) is 9.35 Å². The van der Waals surface area contributed by atoms with Gasteiger partial charge in [-0.25, -0.2) is 9.59 Å². The highest BCUT2D eigenvalue weighted by atomic mass is 79.9. The van der Waals surface area contributed by atoms with Crippen molar-refractivity contribution in [3.8, 4) is 0 Å². The van der Waals surface area contributed by atoms with E-state index in [4.69, 9.17) is 9.47 Å². The summed E-state index contributed by atoms with van der Waals surface area (Å²) < 4.78 is 10.7. The molecular formula is C20H20BrNO5S. The van der Waals surface area contributed by atoms with Crippen molar-refractivity contribution in [3.05, 3.63) is 50.3 Å². The Bertz CT molecular complexity index is 923. The van der Waals surface area contributed by atoms with Crippen LogP contribution in [0.1, 0.15) is 44.5 Å². The Balaban J connectivity index is 1.70. The molecule has 6 nitrogen and oxygen atoms in total. The van der Waals surface area contributed by atoms with Crippen molar-refractivity contribution in [1.29, 1.82) is 0 Å². The first-order valence-electron chi connectivity index (χ1n) is 8.84. The van der Waals surface area contributed by atoms with Crippen molar-refractivity contribution >= 4 is 50.1 Å². The quantitative estimate of drug-likeness (QED) is 0.668. The van der Waals surface area contributed by atoms with Gasteiger partial charge in [0.05, 0.1) is 18.2 Å². The number of esters is 2. The number of hydrogen-bond donors (Lipinski definition) is 1. The van der Waals surface area contributed by atoms with E-state index in [1.165, 1.54) is 18.4 Å². The molecule has 1 aromatic carbocycles. The van der Waals surface area contributed by atoms with Crippen molar-refractivity contribution in [2.45, 2.75) is 26.2 Å². The largest absolute Gasteiger partial charge is 0.465 e. The first kappa shape index (κ1) is 20.5. The lowest BCUT2D eigenvalue weighted by molar-refractivity contribution is -0.119. The first-order valence-corrected chi connectivity index (χ1v) is 10.5. The maximum absolute atomic E-state index is 12.3. The first-order chi connectivity index (χ1) is 13.4. The van der Waals surface area contributed by atoms with E-state index in [1.807, 2.05) is 0 Å². The van der Waals surface area contributed by atoms with Gasteiger partial charge in [-0.2, -0.15) is 0 Å². The molecule has 0 fully saturated rings. The highest BCUT2D eigenvalue weighted by molar-refractivity contribution is 9.10. The lowest BCUT2D eigenvalue weighted by Gasteiger charge is -2.18. The Morgan fingerprint density at radius 2 is 2.07 bits per heavy atom. The van der Waals surface area contributed by atoms with Gasteiger partial charge in [0.2, 0.25) is 0 Å². The zero-order valence-corrected chi connectivity index (χ0v) is 17.9. The fraction of sp³-hybridized carbons (Fsp3) is 0.350. The van der Waals surface area contributed by atoms with Gasteiger partial charge in [0.25, 0.3) is 5.91 Å². The van der Waals surface area contributed by atoms with Crippen molar-refractivity contribution < 1.29 is 23.9 Å². The predicted octanol–water partition coefficient (Wildman–Crippen LogP) is 4.22. The highest BCUT2D eigenvalue weighted by Gasteiger charge is 2.29. The molecule has 1 atom stereocenters. The van der Waals surface area contributed by atoms with Gasteiger partial charge in [-0.05, 0) is 48.9 Å². The Morgan fingerprint density at radius 1 is 1.29 bits per heavy atom. The summed E-state index contributed by atoms with van der Waals surface area (Å²) in [6.45, 7) is 1.73. The van der Waals surface area contributed by atoms with Crippen LogP contribution in [0.15, 0.2) is 28.7 Å². The van der Waals surface area contributed by atoms with Crippen LogP contribution in [-0.4, -0.2) is 31.6 Å². The van der Waals surface area contributed by atoms with Gasteiger partial charge < -0.3 is 14.8 Å². The minimum Gasteiger partial charge on any atom is -0.465 e. The molecule has 1 aromatic heterocycles. The van der Waals surface area contributed by atoms with Crippen LogP contribution in [0.25, 0.3) is 0 Å². The van der Waals surface area contributed by atoms with E-state index in [2.05, 4.69) is 28.2 Å².